The molecule has 0 amide bonds. The van der Waals surface area contributed by atoms with E-state index < -0.39 is 0 Å². The van der Waals surface area contributed by atoms with Gasteiger partial charge in [0.15, 0.2) is 0 Å². The smallest absolute Gasteiger partial charge is 0.106 e. The molecule has 152 valence electrons. The average molecular weight is 374 g/mol. The molecule has 2 saturated heterocycles. The van der Waals surface area contributed by atoms with E-state index in [-0.39, 0.29) is 0 Å². The van der Waals surface area contributed by atoms with Gasteiger partial charge >= 0.3 is 0 Å². The van der Waals surface area contributed by atoms with Crippen molar-refractivity contribution in [1.82, 2.24) is 24.7 Å². The quantitative estimate of drug-likeness (QED) is 0.832. The van der Waals surface area contributed by atoms with Gasteiger partial charge in [0.25, 0.3) is 0 Å². The number of piperidine rings is 1. The van der Waals surface area contributed by atoms with Crippen molar-refractivity contribution >= 4 is 0 Å². The van der Waals surface area contributed by atoms with E-state index in [4.69, 9.17) is 0 Å². The molecular weight excluding hydrogens is 334 g/mol. The lowest BCUT2D eigenvalue weighted by Crippen LogP contribution is -2.51. The van der Waals surface area contributed by atoms with Crippen LogP contribution in [0.3, 0.4) is 0 Å². The van der Waals surface area contributed by atoms with Gasteiger partial charge in [-0.1, -0.05) is 25.7 Å². The summed E-state index contributed by atoms with van der Waals surface area (Å²) in [6, 6.07) is 0.742. The maximum Gasteiger partial charge on any atom is 0.106 e. The summed E-state index contributed by atoms with van der Waals surface area (Å²) in [6.07, 6.45) is 11.6. The summed E-state index contributed by atoms with van der Waals surface area (Å²) >= 11 is 0. The van der Waals surface area contributed by atoms with Crippen molar-refractivity contribution in [3.63, 3.8) is 0 Å². The standard InChI is InChI=1S/C22H39N5/c1-18(27-13-11-25(2)12-14-27)20-7-9-26(10-8-20)17-21-16-23-22(24-21)15-19-5-3-4-6-19/h16,18-20H,3-15,17H2,1-2H3,(H,23,24)/t18-/m1/s1. The second kappa shape index (κ2) is 9.06. The number of aromatic nitrogens is 2. The normalized spacial score (nSPS) is 26.0. The van der Waals surface area contributed by atoms with Gasteiger partial charge in [-0.05, 0) is 51.7 Å². The lowest BCUT2D eigenvalue weighted by Gasteiger charge is -2.42. The van der Waals surface area contributed by atoms with Gasteiger partial charge in [0.2, 0.25) is 0 Å². The summed E-state index contributed by atoms with van der Waals surface area (Å²) in [6.45, 7) is 10.9. The van der Waals surface area contributed by atoms with Crippen LogP contribution in [0.2, 0.25) is 0 Å². The number of hydrogen-bond acceptors (Lipinski definition) is 4. The number of piperazine rings is 1. The summed E-state index contributed by atoms with van der Waals surface area (Å²) in [7, 11) is 2.25. The Bertz CT molecular complexity index is 563. The SMILES string of the molecule is C[C@H](C1CCN(Cc2cnc(CC3CCCC3)[nH]2)CC1)N1CCN(C)CC1. The van der Waals surface area contributed by atoms with Crippen LogP contribution in [0.4, 0.5) is 0 Å². The van der Waals surface area contributed by atoms with Gasteiger partial charge in [0.05, 0.1) is 0 Å². The number of likely N-dealkylation sites (N-methyl/N-ethyl adjacent to an activating group) is 1. The van der Waals surface area contributed by atoms with E-state index in [0.29, 0.717) is 0 Å². The molecule has 0 bridgehead atoms. The van der Waals surface area contributed by atoms with Crippen LogP contribution in [0.25, 0.3) is 0 Å². The molecule has 0 spiro atoms. The van der Waals surface area contributed by atoms with E-state index in [0.717, 1.165) is 30.8 Å². The molecule has 27 heavy (non-hydrogen) atoms. The van der Waals surface area contributed by atoms with Gasteiger partial charge in [-0.3, -0.25) is 9.80 Å². The van der Waals surface area contributed by atoms with Gasteiger partial charge in [0, 0.05) is 57.1 Å². The summed E-state index contributed by atoms with van der Waals surface area (Å²) in [5.41, 5.74) is 1.31. The lowest BCUT2D eigenvalue weighted by molar-refractivity contribution is 0.0596. The molecule has 4 rings (SSSR count). The summed E-state index contributed by atoms with van der Waals surface area (Å²) < 4.78 is 0. The Labute approximate surface area is 165 Å². The van der Waals surface area contributed by atoms with Crippen LogP contribution in [-0.2, 0) is 13.0 Å². The van der Waals surface area contributed by atoms with Crippen molar-refractivity contribution in [2.75, 3.05) is 46.3 Å². The Morgan fingerprint density at radius 3 is 2.44 bits per heavy atom. The van der Waals surface area contributed by atoms with E-state index in [2.05, 4.69) is 44.8 Å². The van der Waals surface area contributed by atoms with Crippen LogP contribution in [0, 0.1) is 11.8 Å². The highest BCUT2D eigenvalue weighted by Crippen LogP contribution is 2.28. The van der Waals surface area contributed by atoms with Crippen molar-refractivity contribution < 1.29 is 0 Å². The van der Waals surface area contributed by atoms with Crippen molar-refractivity contribution in [3.05, 3.63) is 17.7 Å². The molecule has 5 nitrogen and oxygen atoms in total. The minimum Gasteiger partial charge on any atom is -0.345 e. The zero-order valence-corrected chi connectivity index (χ0v) is 17.5. The Kier molecular flexibility index (Phi) is 6.51. The van der Waals surface area contributed by atoms with E-state index in [1.165, 1.54) is 89.3 Å². The van der Waals surface area contributed by atoms with Crippen molar-refractivity contribution in [2.45, 2.75) is 64.5 Å². The highest BCUT2D eigenvalue weighted by Gasteiger charge is 2.29. The fraction of sp³-hybridized carbons (Fsp3) is 0.864. The molecule has 2 aliphatic heterocycles. The monoisotopic (exact) mass is 373 g/mol. The second-order valence-corrected chi connectivity index (χ2v) is 9.40. The first-order chi connectivity index (χ1) is 13.2. The second-order valence-electron chi connectivity index (χ2n) is 9.40. The zero-order valence-electron chi connectivity index (χ0n) is 17.5. The van der Waals surface area contributed by atoms with Crippen LogP contribution in [0.1, 0.15) is 57.0 Å². The Morgan fingerprint density at radius 2 is 1.74 bits per heavy atom. The first kappa shape index (κ1) is 19.4. The van der Waals surface area contributed by atoms with Crippen LogP contribution in [0.15, 0.2) is 6.20 Å². The average Bonchev–Trinajstić information content (AvgIpc) is 3.35. The maximum absolute atomic E-state index is 4.66. The van der Waals surface area contributed by atoms with Crippen LogP contribution in [0.5, 0.6) is 0 Å². The molecule has 0 aromatic carbocycles. The molecule has 3 heterocycles. The van der Waals surface area contributed by atoms with Crippen molar-refractivity contribution in [1.29, 1.82) is 0 Å². The van der Waals surface area contributed by atoms with Gasteiger partial charge in [-0.2, -0.15) is 0 Å². The van der Waals surface area contributed by atoms with Gasteiger partial charge in [0.1, 0.15) is 5.82 Å². The fourth-order valence-corrected chi connectivity index (χ4v) is 5.44. The first-order valence-corrected chi connectivity index (χ1v) is 11.3. The topological polar surface area (TPSA) is 38.4 Å². The summed E-state index contributed by atoms with van der Waals surface area (Å²) in [5, 5.41) is 0. The van der Waals surface area contributed by atoms with E-state index in [1.807, 2.05) is 0 Å². The van der Waals surface area contributed by atoms with E-state index in [1.54, 1.807) is 0 Å². The largest absolute Gasteiger partial charge is 0.345 e. The molecule has 1 aliphatic carbocycles. The van der Waals surface area contributed by atoms with Gasteiger partial charge in [-0.15, -0.1) is 0 Å². The van der Waals surface area contributed by atoms with Crippen LogP contribution < -0.4 is 0 Å². The van der Waals surface area contributed by atoms with E-state index >= 15 is 0 Å². The molecular formula is C22H39N5. The number of H-pyrrole nitrogens is 1. The molecule has 1 aromatic heterocycles. The number of nitrogens with one attached hydrogen (secondary N) is 1. The summed E-state index contributed by atoms with van der Waals surface area (Å²) in [4.78, 5) is 16.1. The predicted octanol–water partition coefficient (Wildman–Crippen LogP) is 2.99. The number of rotatable bonds is 6. The maximum atomic E-state index is 4.66. The highest BCUT2D eigenvalue weighted by molar-refractivity contribution is 5.03. The molecule has 0 radical (unpaired) electrons. The fourth-order valence-electron chi connectivity index (χ4n) is 5.44. The minimum absolute atomic E-state index is 0.742. The molecule has 1 N–H and O–H groups in total. The number of nitrogens with zero attached hydrogens (tertiary/aromatic N) is 4. The molecule has 3 fully saturated rings. The van der Waals surface area contributed by atoms with Crippen LogP contribution in [-0.4, -0.2) is 77.0 Å². The predicted molar refractivity (Wildman–Crippen MR) is 111 cm³/mol. The molecule has 1 saturated carbocycles. The Balaban J connectivity index is 1.21. The highest BCUT2D eigenvalue weighted by atomic mass is 15.3. The number of hydrogen-bond donors (Lipinski definition) is 1. The minimum atomic E-state index is 0.742. The summed E-state index contributed by atoms with van der Waals surface area (Å²) in [5.74, 6) is 2.95. The molecule has 1 aromatic rings. The molecule has 3 aliphatic rings. The van der Waals surface area contributed by atoms with Crippen LogP contribution >= 0.6 is 0 Å². The Hall–Kier alpha value is -0.910. The molecule has 5 heteroatoms. The molecule has 1 atom stereocenters. The third kappa shape index (κ3) is 5.12. The first-order valence-electron chi connectivity index (χ1n) is 11.3. The van der Waals surface area contributed by atoms with Crippen molar-refractivity contribution in [3.8, 4) is 0 Å². The third-order valence-corrected chi connectivity index (χ3v) is 7.46. The Morgan fingerprint density at radius 1 is 1.04 bits per heavy atom. The van der Waals surface area contributed by atoms with Crippen molar-refractivity contribution in [2.24, 2.45) is 11.8 Å². The lowest BCUT2D eigenvalue weighted by atomic mass is 9.89. The van der Waals surface area contributed by atoms with E-state index in [9.17, 15) is 0 Å². The third-order valence-electron chi connectivity index (χ3n) is 7.46. The van der Waals surface area contributed by atoms with Gasteiger partial charge in [-0.25, -0.2) is 4.98 Å². The number of likely N-dealkylation sites (tertiary alicyclic amines) is 1. The zero-order chi connectivity index (χ0) is 18.6. The van der Waals surface area contributed by atoms with Gasteiger partial charge < -0.3 is 9.88 Å². The number of imidazole rings is 1. The molecule has 0 unspecified atom stereocenters. The number of aromatic amines is 1.